The normalized spacial score (nSPS) is 28.5. The smallest absolute Gasteiger partial charge is 0.229 e. The highest BCUT2D eigenvalue weighted by Crippen LogP contribution is 2.53. The first-order chi connectivity index (χ1) is 18.8. The van der Waals surface area contributed by atoms with E-state index in [1.54, 1.807) is 0 Å². The topological polar surface area (TPSA) is 87.7 Å². The standard InChI is InChI=1S/C30H37N7O2/c1-29(2)13-25-30(3,18-39-29)24-15-32-28(35-27(24)37(25)26-7-5-6-20(33-26)14-31-4)34-19-8-10-21(11-9-19)36-22-12-23(36)17-38-16-22/h5-11,15,22-23,25,31H,12-14,16-18H2,1-4H3,(H,32,34,35)/t22-,23+,25-,30-/m0/s1. The van der Waals surface area contributed by atoms with E-state index in [-0.39, 0.29) is 17.1 Å². The molecular formula is C30H37N7O2. The first-order valence-electron chi connectivity index (χ1n) is 14.0. The summed E-state index contributed by atoms with van der Waals surface area (Å²) >= 11 is 0. The lowest BCUT2D eigenvalue weighted by Crippen LogP contribution is -2.64. The molecule has 9 nitrogen and oxygen atoms in total. The van der Waals surface area contributed by atoms with Crippen molar-refractivity contribution >= 4 is 29.0 Å². The maximum Gasteiger partial charge on any atom is 0.229 e. The third-order valence-corrected chi connectivity index (χ3v) is 8.88. The number of fused-ring (bicyclic) bond motifs is 5. The van der Waals surface area contributed by atoms with Crippen LogP contribution in [0.1, 0.15) is 44.9 Å². The van der Waals surface area contributed by atoms with E-state index in [1.165, 1.54) is 12.1 Å². The van der Waals surface area contributed by atoms with Crippen LogP contribution in [0, 0.1) is 0 Å². The van der Waals surface area contributed by atoms with Crippen LogP contribution < -0.4 is 20.4 Å². The van der Waals surface area contributed by atoms with Crippen molar-refractivity contribution in [3.63, 3.8) is 0 Å². The van der Waals surface area contributed by atoms with E-state index in [0.717, 1.165) is 48.2 Å². The van der Waals surface area contributed by atoms with Crippen LogP contribution in [-0.4, -0.2) is 65.5 Å². The number of morpholine rings is 1. The third kappa shape index (κ3) is 4.15. The van der Waals surface area contributed by atoms with E-state index in [2.05, 4.69) is 83.7 Å². The monoisotopic (exact) mass is 527 g/mol. The Labute approximate surface area is 230 Å². The second kappa shape index (κ2) is 9.15. The molecule has 2 aromatic heterocycles. The fraction of sp³-hybridized carbons (Fsp3) is 0.500. The lowest BCUT2D eigenvalue weighted by molar-refractivity contribution is -0.0893. The Morgan fingerprint density at radius 1 is 1.03 bits per heavy atom. The van der Waals surface area contributed by atoms with Crippen molar-refractivity contribution in [2.24, 2.45) is 0 Å². The van der Waals surface area contributed by atoms with Gasteiger partial charge in [-0.3, -0.25) is 0 Å². The maximum atomic E-state index is 6.34. The van der Waals surface area contributed by atoms with Gasteiger partial charge in [-0.15, -0.1) is 0 Å². The Balaban J connectivity index is 1.21. The molecule has 3 saturated heterocycles. The van der Waals surface area contributed by atoms with Crippen molar-refractivity contribution in [1.29, 1.82) is 0 Å². The minimum Gasteiger partial charge on any atom is -0.377 e. The summed E-state index contributed by atoms with van der Waals surface area (Å²) in [6.45, 7) is 9.59. The van der Waals surface area contributed by atoms with Crippen molar-refractivity contribution in [3.8, 4) is 0 Å². The number of ether oxygens (including phenoxy) is 2. The van der Waals surface area contributed by atoms with Gasteiger partial charge in [-0.05, 0) is 70.1 Å². The lowest BCUT2D eigenvalue weighted by Gasteiger charge is -2.53. The zero-order valence-electron chi connectivity index (χ0n) is 23.1. The molecule has 204 valence electrons. The number of rotatable bonds is 6. The Morgan fingerprint density at radius 2 is 1.82 bits per heavy atom. The molecular weight excluding hydrogens is 490 g/mol. The molecule has 2 N–H and O–H groups in total. The Morgan fingerprint density at radius 3 is 2.56 bits per heavy atom. The molecule has 0 spiro atoms. The molecule has 3 fully saturated rings. The Bertz CT molecular complexity index is 1370. The number of aromatic nitrogens is 3. The van der Waals surface area contributed by atoms with Crippen LogP contribution in [0.3, 0.4) is 0 Å². The first kappa shape index (κ1) is 24.7. The number of anilines is 5. The molecule has 0 saturated carbocycles. The van der Waals surface area contributed by atoms with Crippen LogP contribution in [0.5, 0.6) is 0 Å². The van der Waals surface area contributed by atoms with Crippen LogP contribution in [0.15, 0.2) is 48.7 Å². The fourth-order valence-corrected chi connectivity index (χ4v) is 6.75. The number of hydrogen-bond acceptors (Lipinski definition) is 9. The first-order valence-corrected chi connectivity index (χ1v) is 14.0. The van der Waals surface area contributed by atoms with Crippen molar-refractivity contribution in [3.05, 3.63) is 59.9 Å². The summed E-state index contributed by atoms with van der Waals surface area (Å²) in [7, 11) is 1.94. The van der Waals surface area contributed by atoms with Gasteiger partial charge in [0.2, 0.25) is 5.95 Å². The van der Waals surface area contributed by atoms with Crippen LogP contribution >= 0.6 is 0 Å². The lowest BCUT2D eigenvalue weighted by atomic mass is 9.73. The van der Waals surface area contributed by atoms with Gasteiger partial charge in [0.15, 0.2) is 0 Å². The SMILES string of the molecule is CNCc1cccc(N2c3nc(Nc4ccc(N5[C@@H]6COC[C@H]5C6)cc4)ncc3[C@]3(C)COC(C)(C)C[C@H]23)n1. The van der Waals surface area contributed by atoms with E-state index in [1.807, 2.05) is 13.2 Å². The largest absolute Gasteiger partial charge is 0.377 e. The van der Waals surface area contributed by atoms with Gasteiger partial charge in [0.1, 0.15) is 11.6 Å². The molecule has 2 bridgehead atoms. The van der Waals surface area contributed by atoms with Crippen LogP contribution in [-0.2, 0) is 21.4 Å². The molecule has 6 heterocycles. The van der Waals surface area contributed by atoms with Gasteiger partial charge in [0.25, 0.3) is 0 Å². The summed E-state index contributed by atoms with van der Waals surface area (Å²) < 4.78 is 12.0. The fourth-order valence-electron chi connectivity index (χ4n) is 6.75. The summed E-state index contributed by atoms with van der Waals surface area (Å²) in [5, 5.41) is 6.66. The number of pyridine rings is 1. The van der Waals surface area contributed by atoms with E-state index in [9.17, 15) is 0 Å². The second-order valence-corrected chi connectivity index (χ2v) is 12.2. The average Bonchev–Trinajstić information content (AvgIpc) is 3.17. The number of nitrogens with one attached hydrogen (secondary N) is 2. The molecule has 4 aliphatic rings. The molecule has 0 aliphatic carbocycles. The Kier molecular flexibility index (Phi) is 5.80. The van der Waals surface area contributed by atoms with Gasteiger partial charge < -0.3 is 29.9 Å². The van der Waals surface area contributed by atoms with Gasteiger partial charge in [0.05, 0.1) is 49.2 Å². The zero-order valence-corrected chi connectivity index (χ0v) is 23.1. The van der Waals surface area contributed by atoms with Crippen LogP contribution in [0.4, 0.5) is 29.0 Å². The third-order valence-electron chi connectivity index (χ3n) is 8.88. The maximum absolute atomic E-state index is 6.34. The minimum atomic E-state index is -0.232. The van der Waals surface area contributed by atoms with Gasteiger partial charge in [-0.1, -0.05) is 13.0 Å². The molecule has 0 radical (unpaired) electrons. The van der Waals surface area contributed by atoms with Crippen molar-refractivity contribution in [2.75, 3.05) is 42.0 Å². The number of hydrogen-bond donors (Lipinski definition) is 2. The van der Waals surface area contributed by atoms with Crippen molar-refractivity contribution in [2.45, 2.75) is 69.3 Å². The Hall–Kier alpha value is -3.27. The molecule has 1 aromatic carbocycles. The van der Waals surface area contributed by atoms with Gasteiger partial charge in [-0.2, -0.15) is 4.98 Å². The van der Waals surface area contributed by atoms with Crippen LogP contribution in [0.25, 0.3) is 0 Å². The molecule has 3 aromatic rings. The highest BCUT2D eigenvalue weighted by Gasteiger charge is 2.55. The van der Waals surface area contributed by atoms with Gasteiger partial charge in [-0.25, -0.2) is 9.97 Å². The van der Waals surface area contributed by atoms with E-state index < -0.39 is 0 Å². The highest BCUT2D eigenvalue weighted by molar-refractivity contribution is 5.71. The van der Waals surface area contributed by atoms with Gasteiger partial charge >= 0.3 is 0 Å². The molecule has 4 atom stereocenters. The molecule has 0 amide bonds. The van der Waals surface area contributed by atoms with E-state index >= 15 is 0 Å². The molecule has 7 rings (SSSR count). The molecule has 4 aliphatic heterocycles. The summed E-state index contributed by atoms with van der Waals surface area (Å²) in [6, 6.07) is 16.0. The highest BCUT2D eigenvalue weighted by atomic mass is 16.5. The molecule has 39 heavy (non-hydrogen) atoms. The van der Waals surface area contributed by atoms with Gasteiger partial charge in [0, 0.05) is 35.1 Å². The predicted octanol–water partition coefficient (Wildman–Crippen LogP) is 4.29. The molecule has 9 heteroatoms. The zero-order chi connectivity index (χ0) is 26.8. The van der Waals surface area contributed by atoms with Crippen molar-refractivity contribution < 1.29 is 9.47 Å². The summed E-state index contributed by atoms with van der Waals surface area (Å²) in [5.41, 5.74) is 3.86. The van der Waals surface area contributed by atoms with Crippen molar-refractivity contribution in [1.82, 2.24) is 20.3 Å². The van der Waals surface area contributed by atoms with E-state index in [4.69, 9.17) is 24.4 Å². The number of nitrogens with zero attached hydrogens (tertiary/aromatic N) is 5. The van der Waals surface area contributed by atoms with E-state index in [0.29, 0.717) is 31.2 Å². The predicted molar refractivity (Wildman–Crippen MR) is 152 cm³/mol. The average molecular weight is 528 g/mol. The summed E-state index contributed by atoms with van der Waals surface area (Å²) in [6.07, 6.45) is 4.08. The minimum absolute atomic E-state index is 0.164. The summed E-state index contributed by atoms with van der Waals surface area (Å²) in [4.78, 5) is 19.7. The quantitative estimate of drug-likeness (QED) is 0.487. The molecule has 0 unspecified atom stereocenters. The summed E-state index contributed by atoms with van der Waals surface area (Å²) in [5.74, 6) is 2.39. The van der Waals surface area contributed by atoms with Crippen LogP contribution in [0.2, 0.25) is 0 Å². The second-order valence-electron chi connectivity index (χ2n) is 12.2. The number of benzene rings is 1.